The van der Waals surface area contributed by atoms with Crippen molar-refractivity contribution in [3.8, 4) is 6.07 Å². The SMILES string of the molecule is Cc1sc(NC=O)c(C#N)c1C. The van der Waals surface area contributed by atoms with Gasteiger partial charge in [0.2, 0.25) is 6.41 Å². The molecule has 1 aromatic rings. The van der Waals surface area contributed by atoms with Gasteiger partial charge in [0.15, 0.2) is 0 Å². The fourth-order valence-electron chi connectivity index (χ4n) is 0.917. The molecule has 4 heteroatoms. The molecule has 0 fully saturated rings. The molecule has 12 heavy (non-hydrogen) atoms. The minimum atomic E-state index is 0.574. The second-order valence-corrected chi connectivity index (χ2v) is 3.59. The number of carbonyl (C=O) groups excluding carboxylic acids is 1. The number of amides is 1. The van der Waals surface area contributed by atoms with Crippen molar-refractivity contribution in [2.24, 2.45) is 0 Å². The van der Waals surface area contributed by atoms with Crippen LogP contribution in [-0.2, 0) is 4.79 Å². The zero-order valence-electron chi connectivity index (χ0n) is 6.84. The summed E-state index contributed by atoms with van der Waals surface area (Å²) in [5.74, 6) is 0. The molecule has 0 aliphatic heterocycles. The lowest BCUT2D eigenvalue weighted by Crippen LogP contribution is -1.92. The summed E-state index contributed by atoms with van der Waals surface area (Å²) in [5.41, 5.74) is 1.52. The van der Waals surface area contributed by atoms with E-state index in [1.165, 1.54) is 11.3 Å². The monoisotopic (exact) mass is 180 g/mol. The Morgan fingerprint density at radius 1 is 1.58 bits per heavy atom. The van der Waals surface area contributed by atoms with E-state index in [1.54, 1.807) is 0 Å². The van der Waals surface area contributed by atoms with E-state index in [-0.39, 0.29) is 0 Å². The van der Waals surface area contributed by atoms with Gasteiger partial charge in [0.25, 0.3) is 0 Å². The van der Waals surface area contributed by atoms with Gasteiger partial charge in [-0.1, -0.05) is 0 Å². The number of thiophene rings is 1. The Kier molecular flexibility index (Phi) is 2.46. The van der Waals surface area contributed by atoms with Gasteiger partial charge in [0.1, 0.15) is 11.1 Å². The molecule has 0 aromatic carbocycles. The van der Waals surface area contributed by atoms with Crippen molar-refractivity contribution in [1.82, 2.24) is 0 Å². The van der Waals surface area contributed by atoms with Crippen LogP contribution in [0.15, 0.2) is 0 Å². The van der Waals surface area contributed by atoms with Gasteiger partial charge in [-0.3, -0.25) is 4.79 Å². The highest BCUT2D eigenvalue weighted by Crippen LogP contribution is 2.30. The van der Waals surface area contributed by atoms with Crippen molar-refractivity contribution in [1.29, 1.82) is 5.26 Å². The van der Waals surface area contributed by atoms with Crippen LogP contribution in [0.5, 0.6) is 0 Å². The van der Waals surface area contributed by atoms with Gasteiger partial charge in [-0.15, -0.1) is 11.3 Å². The first-order chi connectivity index (χ1) is 5.70. The van der Waals surface area contributed by atoms with Crippen molar-refractivity contribution in [3.05, 3.63) is 16.0 Å². The predicted molar refractivity (Wildman–Crippen MR) is 48.2 cm³/mol. The largest absolute Gasteiger partial charge is 0.319 e. The van der Waals surface area contributed by atoms with E-state index in [9.17, 15) is 4.79 Å². The number of anilines is 1. The predicted octanol–water partition coefficient (Wildman–Crippen LogP) is 1.80. The van der Waals surface area contributed by atoms with Crippen LogP contribution in [0.4, 0.5) is 5.00 Å². The second-order valence-electron chi connectivity index (χ2n) is 2.36. The van der Waals surface area contributed by atoms with Crippen LogP contribution in [0.25, 0.3) is 0 Å². The summed E-state index contributed by atoms with van der Waals surface area (Å²) in [4.78, 5) is 11.2. The minimum absolute atomic E-state index is 0.574. The summed E-state index contributed by atoms with van der Waals surface area (Å²) in [6.45, 7) is 3.80. The number of nitrogens with zero attached hydrogens (tertiary/aromatic N) is 1. The Labute approximate surface area is 74.6 Å². The number of nitriles is 1. The average molecular weight is 180 g/mol. The summed E-state index contributed by atoms with van der Waals surface area (Å²) in [7, 11) is 0. The van der Waals surface area contributed by atoms with Crippen molar-refractivity contribution >= 4 is 22.7 Å². The molecule has 0 saturated carbocycles. The van der Waals surface area contributed by atoms with E-state index in [4.69, 9.17) is 5.26 Å². The fourth-order valence-corrected chi connectivity index (χ4v) is 1.89. The van der Waals surface area contributed by atoms with Gasteiger partial charge in [0, 0.05) is 4.88 Å². The first kappa shape index (κ1) is 8.75. The lowest BCUT2D eigenvalue weighted by atomic mass is 10.2. The maximum Gasteiger partial charge on any atom is 0.212 e. The standard InChI is InChI=1S/C8H8N2OS/c1-5-6(2)12-8(10-4-11)7(5)3-9/h4H,1-2H3,(H,10,11). The molecule has 1 aromatic heterocycles. The van der Waals surface area contributed by atoms with E-state index < -0.39 is 0 Å². The normalized spacial score (nSPS) is 9.08. The number of hydrogen-bond donors (Lipinski definition) is 1. The van der Waals surface area contributed by atoms with Crippen molar-refractivity contribution in [3.63, 3.8) is 0 Å². The molecule has 62 valence electrons. The molecule has 0 bridgehead atoms. The Balaban J connectivity index is 3.21. The van der Waals surface area contributed by atoms with E-state index in [1.807, 2.05) is 13.8 Å². The number of hydrogen-bond acceptors (Lipinski definition) is 3. The molecular weight excluding hydrogens is 172 g/mol. The van der Waals surface area contributed by atoms with Crippen LogP contribution in [0.2, 0.25) is 0 Å². The molecular formula is C8H8N2OS. The quantitative estimate of drug-likeness (QED) is 0.705. The highest BCUT2D eigenvalue weighted by Gasteiger charge is 2.10. The van der Waals surface area contributed by atoms with E-state index in [2.05, 4.69) is 11.4 Å². The molecule has 0 aliphatic rings. The number of rotatable bonds is 2. The van der Waals surface area contributed by atoms with Crippen LogP contribution >= 0.6 is 11.3 Å². The highest BCUT2D eigenvalue weighted by atomic mass is 32.1. The van der Waals surface area contributed by atoms with Crippen LogP contribution in [-0.4, -0.2) is 6.41 Å². The topological polar surface area (TPSA) is 52.9 Å². The summed E-state index contributed by atoms with van der Waals surface area (Å²) in [6.07, 6.45) is 0.589. The molecule has 0 atom stereocenters. The zero-order valence-corrected chi connectivity index (χ0v) is 7.66. The van der Waals surface area contributed by atoms with Crippen LogP contribution in [0, 0.1) is 25.2 Å². The number of nitrogens with one attached hydrogen (secondary N) is 1. The van der Waals surface area contributed by atoms with E-state index in [0.717, 1.165) is 10.4 Å². The van der Waals surface area contributed by atoms with Crippen molar-refractivity contribution in [2.75, 3.05) is 5.32 Å². The average Bonchev–Trinajstić information content (AvgIpc) is 2.29. The summed E-state index contributed by atoms with van der Waals surface area (Å²) < 4.78 is 0. The number of aryl methyl sites for hydroxylation is 1. The summed E-state index contributed by atoms with van der Waals surface area (Å²) in [6, 6.07) is 2.06. The molecule has 1 rings (SSSR count). The molecule has 1 amide bonds. The lowest BCUT2D eigenvalue weighted by molar-refractivity contribution is -0.105. The van der Waals surface area contributed by atoms with E-state index >= 15 is 0 Å². The highest BCUT2D eigenvalue weighted by molar-refractivity contribution is 7.16. The van der Waals surface area contributed by atoms with Gasteiger partial charge >= 0.3 is 0 Å². The van der Waals surface area contributed by atoms with Crippen LogP contribution < -0.4 is 5.32 Å². The lowest BCUT2D eigenvalue weighted by Gasteiger charge is -1.91. The van der Waals surface area contributed by atoms with E-state index in [0.29, 0.717) is 17.0 Å². The summed E-state index contributed by atoms with van der Waals surface area (Å²) in [5, 5.41) is 11.9. The first-order valence-corrected chi connectivity index (χ1v) is 4.22. The molecule has 0 radical (unpaired) electrons. The van der Waals surface area contributed by atoms with Crippen LogP contribution in [0.3, 0.4) is 0 Å². The number of carbonyl (C=O) groups is 1. The second kappa shape index (κ2) is 3.37. The van der Waals surface area contributed by atoms with Crippen molar-refractivity contribution in [2.45, 2.75) is 13.8 Å². The van der Waals surface area contributed by atoms with Gasteiger partial charge < -0.3 is 5.32 Å². The molecule has 0 unspecified atom stereocenters. The maximum absolute atomic E-state index is 10.1. The molecule has 0 saturated heterocycles. The Hall–Kier alpha value is -1.34. The summed E-state index contributed by atoms with van der Waals surface area (Å²) >= 11 is 1.43. The van der Waals surface area contributed by atoms with Crippen molar-refractivity contribution < 1.29 is 4.79 Å². The fraction of sp³-hybridized carbons (Fsp3) is 0.250. The van der Waals surface area contributed by atoms with Gasteiger partial charge in [-0.25, -0.2) is 0 Å². The van der Waals surface area contributed by atoms with Gasteiger partial charge in [0.05, 0.1) is 5.56 Å². The molecule has 1 N–H and O–H groups in total. The molecule has 0 aliphatic carbocycles. The molecule has 3 nitrogen and oxygen atoms in total. The maximum atomic E-state index is 10.1. The molecule has 1 heterocycles. The Morgan fingerprint density at radius 3 is 2.75 bits per heavy atom. The Bertz CT molecular complexity index is 349. The minimum Gasteiger partial charge on any atom is -0.319 e. The third-order valence-electron chi connectivity index (χ3n) is 1.69. The zero-order chi connectivity index (χ0) is 9.14. The van der Waals surface area contributed by atoms with Crippen LogP contribution in [0.1, 0.15) is 16.0 Å². The molecule has 0 spiro atoms. The third-order valence-corrected chi connectivity index (χ3v) is 2.83. The third kappa shape index (κ3) is 1.31. The van der Waals surface area contributed by atoms with Gasteiger partial charge in [-0.05, 0) is 19.4 Å². The smallest absolute Gasteiger partial charge is 0.212 e. The first-order valence-electron chi connectivity index (χ1n) is 3.41. The Morgan fingerprint density at radius 2 is 2.25 bits per heavy atom. The van der Waals surface area contributed by atoms with Gasteiger partial charge in [-0.2, -0.15) is 5.26 Å².